The van der Waals surface area contributed by atoms with Gasteiger partial charge in [0.05, 0.1) is 16.5 Å². The van der Waals surface area contributed by atoms with Crippen molar-refractivity contribution in [2.75, 3.05) is 11.1 Å². The fraction of sp³-hybridized carbons (Fsp3) is 0.400. The second kappa shape index (κ2) is 6.84. The molecular formula is C20H19F5N6O. The van der Waals surface area contributed by atoms with E-state index in [0.717, 1.165) is 10.2 Å². The number of fused-ring (bicyclic) bond motifs is 2. The van der Waals surface area contributed by atoms with E-state index in [1.807, 2.05) is 0 Å². The van der Waals surface area contributed by atoms with Gasteiger partial charge in [-0.25, -0.2) is 9.97 Å². The summed E-state index contributed by atoms with van der Waals surface area (Å²) >= 11 is 0. The third-order valence-electron chi connectivity index (χ3n) is 5.53. The predicted octanol–water partition coefficient (Wildman–Crippen LogP) is 4.20. The molecule has 170 valence electrons. The number of nitrogens with one attached hydrogen (secondary N) is 1. The minimum absolute atomic E-state index is 0.0226. The van der Waals surface area contributed by atoms with Gasteiger partial charge in [0.25, 0.3) is 0 Å². The van der Waals surface area contributed by atoms with E-state index in [9.17, 15) is 26.7 Å². The van der Waals surface area contributed by atoms with Crippen LogP contribution >= 0.6 is 0 Å². The maximum absolute atomic E-state index is 13.5. The molecule has 1 amide bonds. The number of rotatable bonds is 4. The number of nitrogens with zero attached hydrogens (tertiary/aromatic N) is 4. The molecule has 0 unspecified atom stereocenters. The number of nitrogens with two attached hydrogens (primary N) is 1. The van der Waals surface area contributed by atoms with Gasteiger partial charge in [0.1, 0.15) is 17.3 Å². The highest BCUT2D eigenvalue weighted by Gasteiger charge is 2.56. The Labute approximate surface area is 178 Å². The highest BCUT2D eigenvalue weighted by atomic mass is 19.4. The Hall–Kier alpha value is -3.31. The number of halogens is 5. The largest absolute Gasteiger partial charge is 0.453 e. The highest BCUT2D eigenvalue weighted by molar-refractivity contribution is 6.06. The maximum Gasteiger partial charge on any atom is 0.453 e. The molecule has 7 nitrogen and oxygen atoms in total. The predicted molar refractivity (Wildman–Crippen MR) is 107 cm³/mol. The summed E-state index contributed by atoms with van der Waals surface area (Å²) in [7, 11) is 0. The smallest absolute Gasteiger partial charge is 0.383 e. The van der Waals surface area contributed by atoms with Gasteiger partial charge in [-0.2, -0.15) is 27.1 Å². The molecular weight excluding hydrogens is 435 g/mol. The van der Waals surface area contributed by atoms with E-state index >= 15 is 0 Å². The topological polar surface area (TPSA) is 98.7 Å². The lowest BCUT2D eigenvalue weighted by Crippen LogP contribution is -2.37. The van der Waals surface area contributed by atoms with Crippen LogP contribution in [0.1, 0.15) is 31.4 Å². The van der Waals surface area contributed by atoms with Crippen molar-refractivity contribution in [1.82, 2.24) is 19.7 Å². The van der Waals surface area contributed by atoms with E-state index in [4.69, 9.17) is 5.73 Å². The van der Waals surface area contributed by atoms with Crippen molar-refractivity contribution < 1.29 is 26.7 Å². The molecule has 0 bridgehead atoms. The third kappa shape index (κ3) is 3.33. The average Bonchev–Trinajstić information content (AvgIpc) is 3.13. The van der Waals surface area contributed by atoms with Crippen molar-refractivity contribution in [3.8, 4) is 11.5 Å². The Morgan fingerprint density at radius 1 is 1.16 bits per heavy atom. The summed E-state index contributed by atoms with van der Waals surface area (Å²) in [4.78, 5) is 20.8. The van der Waals surface area contributed by atoms with E-state index in [1.54, 1.807) is 39.0 Å². The summed E-state index contributed by atoms with van der Waals surface area (Å²) < 4.78 is 65.9. The Morgan fingerprint density at radius 3 is 2.50 bits per heavy atom. The van der Waals surface area contributed by atoms with Gasteiger partial charge in [-0.1, -0.05) is 12.1 Å². The highest BCUT2D eigenvalue weighted by Crippen LogP contribution is 2.41. The van der Waals surface area contributed by atoms with Gasteiger partial charge in [0, 0.05) is 18.4 Å². The van der Waals surface area contributed by atoms with Crippen LogP contribution in [0.4, 0.5) is 33.6 Å². The van der Waals surface area contributed by atoms with Crippen LogP contribution in [0.3, 0.4) is 0 Å². The van der Waals surface area contributed by atoms with Crippen LogP contribution in [-0.4, -0.2) is 37.8 Å². The first kappa shape index (κ1) is 21.9. The van der Waals surface area contributed by atoms with E-state index in [2.05, 4.69) is 20.4 Å². The molecule has 0 aliphatic carbocycles. The molecule has 1 aliphatic heterocycles. The van der Waals surface area contributed by atoms with Crippen LogP contribution in [0.2, 0.25) is 0 Å². The Balaban J connectivity index is 1.81. The lowest BCUT2D eigenvalue weighted by atomic mass is 9.87. The number of alkyl halides is 5. The average molecular weight is 454 g/mol. The number of carbonyl (C=O) groups is 1. The van der Waals surface area contributed by atoms with E-state index in [1.165, 1.54) is 0 Å². The van der Waals surface area contributed by atoms with Crippen molar-refractivity contribution in [2.24, 2.45) is 0 Å². The molecule has 0 saturated carbocycles. The second-order valence-electron chi connectivity index (χ2n) is 8.28. The zero-order valence-electron chi connectivity index (χ0n) is 17.3. The van der Waals surface area contributed by atoms with Crippen molar-refractivity contribution in [1.29, 1.82) is 0 Å². The van der Waals surface area contributed by atoms with Crippen molar-refractivity contribution >= 4 is 28.4 Å². The zero-order valence-corrected chi connectivity index (χ0v) is 17.3. The van der Waals surface area contributed by atoms with E-state index in [-0.39, 0.29) is 29.1 Å². The van der Waals surface area contributed by atoms with Crippen molar-refractivity contribution in [3.05, 3.63) is 29.3 Å². The molecule has 0 fully saturated rings. The first-order valence-corrected chi connectivity index (χ1v) is 9.64. The summed E-state index contributed by atoms with van der Waals surface area (Å²) in [6, 6.07) is 5.02. The minimum Gasteiger partial charge on any atom is -0.383 e. The van der Waals surface area contributed by atoms with Crippen LogP contribution in [0.5, 0.6) is 0 Å². The van der Waals surface area contributed by atoms with Gasteiger partial charge in [0.2, 0.25) is 5.91 Å². The zero-order chi connectivity index (χ0) is 23.6. The Morgan fingerprint density at radius 2 is 1.84 bits per heavy atom. The Kier molecular flexibility index (Phi) is 4.68. The molecule has 0 radical (unpaired) electrons. The molecule has 3 N–H and O–H groups in total. The van der Waals surface area contributed by atoms with Crippen LogP contribution in [0, 0.1) is 6.92 Å². The van der Waals surface area contributed by atoms with Gasteiger partial charge < -0.3 is 11.1 Å². The fourth-order valence-electron chi connectivity index (χ4n) is 3.68. The summed E-state index contributed by atoms with van der Waals surface area (Å²) in [6.45, 7) is 4.40. The molecule has 2 aromatic heterocycles. The molecule has 4 rings (SSSR count). The number of nitrogen functional groups attached to an aromatic ring is 1. The minimum atomic E-state index is -5.66. The monoisotopic (exact) mass is 454 g/mol. The van der Waals surface area contributed by atoms with Crippen LogP contribution in [-0.2, 0) is 16.8 Å². The van der Waals surface area contributed by atoms with Gasteiger partial charge in [-0.05, 0) is 32.4 Å². The summed E-state index contributed by atoms with van der Waals surface area (Å²) in [5, 5.41) is 7.32. The fourth-order valence-corrected chi connectivity index (χ4v) is 3.68. The number of aromatic nitrogens is 4. The van der Waals surface area contributed by atoms with Crippen molar-refractivity contribution in [3.63, 3.8) is 0 Å². The molecule has 1 aromatic carbocycles. The van der Waals surface area contributed by atoms with Crippen LogP contribution in [0.15, 0.2) is 18.2 Å². The standard InChI is InChI=1S/C20H19F5N6O/c1-9-4-5-10-11(8-9)31(7-6-19(21,22)20(23,24)25)30-13(10)16-27-14(26)12-15(28-16)29-17(32)18(12,2)3/h4-5,8H,6-7H2,1-3H3,(H3,26,27,28,29,32). The van der Waals surface area contributed by atoms with Gasteiger partial charge >= 0.3 is 12.1 Å². The maximum atomic E-state index is 13.5. The number of aryl methyl sites for hydroxylation is 2. The quantitative estimate of drug-likeness (QED) is 0.576. The number of benzene rings is 1. The first-order chi connectivity index (χ1) is 14.7. The molecule has 0 saturated heterocycles. The van der Waals surface area contributed by atoms with E-state index < -0.39 is 30.5 Å². The lowest BCUT2D eigenvalue weighted by molar-refractivity contribution is -0.285. The Bertz CT molecular complexity index is 1250. The molecule has 1 aliphatic rings. The first-order valence-electron chi connectivity index (χ1n) is 9.64. The van der Waals surface area contributed by atoms with E-state index in [0.29, 0.717) is 16.5 Å². The molecule has 0 spiro atoms. The molecule has 0 atom stereocenters. The summed E-state index contributed by atoms with van der Waals surface area (Å²) in [5.41, 5.74) is 6.83. The molecule has 32 heavy (non-hydrogen) atoms. The molecule has 3 aromatic rings. The van der Waals surface area contributed by atoms with Crippen LogP contribution in [0.25, 0.3) is 22.4 Å². The number of carbonyl (C=O) groups excluding carboxylic acids is 1. The summed E-state index contributed by atoms with van der Waals surface area (Å²) in [5.74, 6) is -4.90. The van der Waals surface area contributed by atoms with Crippen LogP contribution < -0.4 is 11.1 Å². The second-order valence-corrected chi connectivity index (χ2v) is 8.28. The molecule has 3 heterocycles. The third-order valence-corrected chi connectivity index (χ3v) is 5.53. The van der Waals surface area contributed by atoms with Crippen molar-refractivity contribution in [2.45, 2.75) is 51.3 Å². The van der Waals surface area contributed by atoms with Gasteiger partial charge in [0.15, 0.2) is 5.82 Å². The number of amides is 1. The van der Waals surface area contributed by atoms with Gasteiger partial charge in [-0.3, -0.25) is 9.48 Å². The molecule has 12 heteroatoms. The lowest BCUT2D eigenvalue weighted by Gasteiger charge is -2.19. The van der Waals surface area contributed by atoms with Gasteiger partial charge in [-0.15, -0.1) is 0 Å². The number of hydrogen-bond donors (Lipinski definition) is 2. The number of hydrogen-bond acceptors (Lipinski definition) is 5. The number of anilines is 2. The SMILES string of the molecule is Cc1ccc2c(-c3nc(N)c4c(n3)NC(=O)C4(C)C)nn(CCC(F)(F)C(F)(F)F)c2c1. The summed E-state index contributed by atoms with van der Waals surface area (Å²) in [6.07, 6.45) is -7.13. The normalized spacial score (nSPS) is 15.8.